The van der Waals surface area contributed by atoms with Crippen LogP contribution in [-0.4, -0.2) is 17.4 Å². The fourth-order valence-electron chi connectivity index (χ4n) is 1.81. The minimum atomic E-state index is -0.289. The molecule has 0 atom stereocenters. The molecule has 20 heavy (non-hydrogen) atoms. The predicted molar refractivity (Wildman–Crippen MR) is 79.2 cm³/mol. The van der Waals surface area contributed by atoms with Crippen LogP contribution in [0.15, 0.2) is 24.3 Å². The molecule has 0 saturated heterocycles. The Morgan fingerprint density at radius 3 is 2.85 bits per heavy atom. The molecule has 0 aliphatic heterocycles. The summed E-state index contributed by atoms with van der Waals surface area (Å²) in [5, 5.41) is 3.46. The van der Waals surface area contributed by atoms with Crippen molar-refractivity contribution in [3.63, 3.8) is 0 Å². The number of halogens is 1. The van der Waals surface area contributed by atoms with Crippen molar-refractivity contribution in [3.8, 4) is 10.6 Å². The lowest BCUT2D eigenvalue weighted by Gasteiger charge is -2.01. The van der Waals surface area contributed by atoms with E-state index in [-0.39, 0.29) is 11.7 Å². The van der Waals surface area contributed by atoms with Gasteiger partial charge in [-0.05, 0) is 25.5 Å². The summed E-state index contributed by atoms with van der Waals surface area (Å²) >= 11 is 1.38. The standard InChI is InChI=1S/C15H17FN2OS/c1-3-8-17-14(19)9-13-10(2)18-15(20-13)11-6-4-5-7-12(11)16/h4-7H,3,8-9H2,1-2H3,(H,17,19). The summed E-state index contributed by atoms with van der Waals surface area (Å²) < 4.78 is 13.7. The Labute approximate surface area is 121 Å². The summed E-state index contributed by atoms with van der Waals surface area (Å²) in [6.45, 7) is 4.54. The number of carbonyl (C=O) groups excluding carboxylic acids is 1. The fraction of sp³-hybridized carbons (Fsp3) is 0.333. The SMILES string of the molecule is CCCNC(=O)Cc1sc(-c2ccccc2F)nc1C. The number of thiazole rings is 1. The molecule has 0 aliphatic rings. The second kappa shape index (κ2) is 6.61. The van der Waals surface area contributed by atoms with Crippen LogP contribution < -0.4 is 5.32 Å². The first kappa shape index (κ1) is 14.7. The molecular formula is C15H17FN2OS. The van der Waals surface area contributed by atoms with E-state index in [2.05, 4.69) is 10.3 Å². The summed E-state index contributed by atoms with van der Waals surface area (Å²) in [5.41, 5.74) is 1.28. The molecule has 1 aromatic heterocycles. The van der Waals surface area contributed by atoms with Gasteiger partial charge in [-0.15, -0.1) is 11.3 Å². The fourth-order valence-corrected chi connectivity index (χ4v) is 2.90. The Hall–Kier alpha value is -1.75. The normalized spacial score (nSPS) is 10.6. The van der Waals surface area contributed by atoms with Gasteiger partial charge in [0.25, 0.3) is 0 Å². The first-order valence-electron chi connectivity index (χ1n) is 6.59. The maximum atomic E-state index is 13.7. The first-order valence-corrected chi connectivity index (χ1v) is 7.41. The molecule has 1 N–H and O–H groups in total. The molecule has 0 radical (unpaired) electrons. The van der Waals surface area contributed by atoms with Crippen molar-refractivity contribution in [1.82, 2.24) is 10.3 Å². The maximum absolute atomic E-state index is 13.7. The maximum Gasteiger partial charge on any atom is 0.225 e. The third-order valence-electron chi connectivity index (χ3n) is 2.89. The molecule has 1 heterocycles. The third kappa shape index (κ3) is 3.42. The molecule has 0 spiro atoms. The van der Waals surface area contributed by atoms with E-state index in [9.17, 15) is 9.18 Å². The van der Waals surface area contributed by atoms with Crippen LogP contribution in [-0.2, 0) is 11.2 Å². The molecule has 0 aliphatic carbocycles. The minimum absolute atomic E-state index is 0.0151. The van der Waals surface area contributed by atoms with Gasteiger partial charge in [-0.2, -0.15) is 0 Å². The van der Waals surface area contributed by atoms with Crippen LogP contribution >= 0.6 is 11.3 Å². The van der Waals surface area contributed by atoms with Gasteiger partial charge in [-0.1, -0.05) is 19.1 Å². The van der Waals surface area contributed by atoms with Gasteiger partial charge in [-0.3, -0.25) is 4.79 Å². The number of hydrogen-bond acceptors (Lipinski definition) is 3. The van der Waals surface area contributed by atoms with Gasteiger partial charge in [0.1, 0.15) is 10.8 Å². The zero-order valence-electron chi connectivity index (χ0n) is 11.6. The van der Waals surface area contributed by atoms with Crippen molar-refractivity contribution < 1.29 is 9.18 Å². The van der Waals surface area contributed by atoms with Gasteiger partial charge in [0.15, 0.2) is 0 Å². The van der Waals surface area contributed by atoms with Crippen LogP contribution in [0.5, 0.6) is 0 Å². The Morgan fingerprint density at radius 2 is 2.15 bits per heavy atom. The number of amides is 1. The van der Waals surface area contributed by atoms with Gasteiger partial charge in [0.05, 0.1) is 12.1 Å². The lowest BCUT2D eigenvalue weighted by molar-refractivity contribution is -0.120. The Kier molecular flexibility index (Phi) is 4.84. The lowest BCUT2D eigenvalue weighted by Crippen LogP contribution is -2.25. The lowest BCUT2D eigenvalue weighted by atomic mass is 10.2. The molecule has 0 saturated carbocycles. The summed E-state index contributed by atoms with van der Waals surface area (Å²) in [7, 11) is 0. The monoisotopic (exact) mass is 292 g/mol. The van der Waals surface area contributed by atoms with Crippen molar-refractivity contribution in [3.05, 3.63) is 40.7 Å². The van der Waals surface area contributed by atoms with E-state index in [0.29, 0.717) is 23.5 Å². The molecule has 5 heteroatoms. The van der Waals surface area contributed by atoms with Gasteiger partial charge in [0.2, 0.25) is 5.91 Å². The van der Waals surface area contributed by atoms with Crippen molar-refractivity contribution in [2.24, 2.45) is 0 Å². The van der Waals surface area contributed by atoms with Gasteiger partial charge < -0.3 is 5.32 Å². The Bertz CT molecular complexity index is 610. The number of rotatable bonds is 5. The van der Waals surface area contributed by atoms with Crippen molar-refractivity contribution >= 4 is 17.2 Å². The largest absolute Gasteiger partial charge is 0.356 e. The summed E-state index contributed by atoms with van der Waals surface area (Å²) in [4.78, 5) is 17.0. The number of nitrogens with zero attached hydrogens (tertiary/aromatic N) is 1. The number of nitrogens with one attached hydrogen (secondary N) is 1. The highest BCUT2D eigenvalue weighted by Crippen LogP contribution is 2.29. The van der Waals surface area contributed by atoms with Crippen LogP contribution in [0.2, 0.25) is 0 Å². The zero-order chi connectivity index (χ0) is 14.5. The first-order chi connectivity index (χ1) is 9.61. The highest BCUT2D eigenvalue weighted by Gasteiger charge is 2.14. The highest BCUT2D eigenvalue weighted by atomic mass is 32.1. The third-order valence-corrected chi connectivity index (χ3v) is 4.08. The highest BCUT2D eigenvalue weighted by molar-refractivity contribution is 7.15. The molecule has 0 fully saturated rings. The average molecular weight is 292 g/mol. The second-order valence-corrected chi connectivity index (χ2v) is 5.62. The minimum Gasteiger partial charge on any atom is -0.356 e. The molecule has 1 aromatic carbocycles. The molecule has 1 amide bonds. The molecule has 3 nitrogen and oxygen atoms in total. The van der Waals surface area contributed by atoms with E-state index in [1.807, 2.05) is 13.8 Å². The Balaban J connectivity index is 2.18. The van der Waals surface area contributed by atoms with Gasteiger partial charge >= 0.3 is 0 Å². The molecular weight excluding hydrogens is 275 g/mol. The van der Waals surface area contributed by atoms with Crippen LogP contribution in [0.1, 0.15) is 23.9 Å². The van der Waals surface area contributed by atoms with E-state index in [1.54, 1.807) is 18.2 Å². The van der Waals surface area contributed by atoms with Gasteiger partial charge in [0, 0.05) is 17.0 Å². The van der Waals surface area contributed by atoms with Crippen molar-refractivity contribution in [1.29, 1.82) is 0 Å². The van der Waals surface area contributed by atoms with Crippen LogP contribution in [0, 0.1) is 12.7 Å². The van der Waals surface area contributed by atoms with E-state index in [0.717, 1.165) is 17.0 Å². The van der Waals surface area contributed by atoms with E-state index >= 15 is 0 Å². The molecule has 0 bridgehead atoms. The van der Waals surface area contributed by atoms with Crippen molar-refractivity contribution in [2.75, 3.05) is 6.54 Å². The van der Waals surface area contributed by atoms with Gasteiger partial charge in [-0.25, -0.2) is 9.37 Å². The molecule has 0 unspecified atom stereocenters. The van der Waals surface area contributed by atoms with E-state index in [1.165, 1.54) is 17.4 Å². The average Bonchev–Trinajstić information content (AvgIpc) is 2.78. The quantitative estimate of drug-likeness (QED) is 0.918. The van der Waals surface area contributed by atoms with Crippen molar-refractivity contribution in [2.45, 2.75) is 26.7 Å². The van der Waals surface area contributed by atoms with E-state index in [4.69, 9.17) is 0 Å². The Morgan fingerprint density at radius 1 is 1.40 bits per heavy atom. The predicted octanol–water partition coefficient (Wildman–Crippen LogP) is 3.33. The van der Waals surface area contributed by atoms with Crippen LogP contribution in [0.4, 0.5) is 4.39 Å². The number of aromatic nitrogens is 1. The second-order valence-electron chi connectivity index (χ2n) is 4.53. The number of aryl methyl sites for hydroxylation is 1. The molecule has 2 rings (SSSR count). The topological polar surface area (TPSA) is 42.0 Å². The number of carbonyl (C=O) groups is 1. The number of hydrogen-bond donors (Lipinski definition) is 1. The molecule has 2 aromatic rings. The summed E-state index contributed by atoms with van der Waals surface area (Å²) in [6, 6.07) is 6.55. The zero-order valence-corrected chi connectivity index (χ0v) is 12.4. The summed E-state index contributed by atoms with van der Waals surface area (Å²) in [6.07, 6.45) is 1.21. The van der Waals surface area contributed by atoms with Crippen LogP contribution in [0.25, 0.3) is 10.6 Å². The van der Waals surface area contributed by atoms with Crippen LogP contribution in [0.3, 0.4) is 0 Å². The smallest absolute Gasteiger partial charge is 0.225 e. The van der Waals surface area contributed by atoms with E-state index < -0.39 is 0 Å². The number of benzene rings is 1. The molecule has 106 valence electrons. The summed E-state index contributed by atoms with van der Waals surface area (Å²) in [5.74, 6) is -0.304.